The molecule has 0 unspecified atom stereocenters. The van der Waals surface area contributed by atoms with Crippen molar-refractivity contribution in [2.24, 2.45) is 0 Å². The van der Waals surface area contributed by atoms with Crippen molar-refractivity contribution in [1.29, 1.82) is 0 Å². The van der Waals surface area contributed by atoms with Crippen LogP contribution >= 0.6 is 0 Å². The number of benzene rings is 2. The van der Waals surface area contributed by atoms with Crippen LogP contribution in [0.3, 0.4) is 0 Å². The highest BCUT2D eigenvalue weighted by atomic mass is 16.2. The van der Waals surface area contributed by atoms with Crippen LogP contribution in [-0.2, 0) is 12.0 Å². The molecule has 3 heterocycles. The van der Waals surface area contributed by atoms with Crippen LogP contribution < -0.4 is 5.32 Å². The molecule has 1 N–H and O–H groups in total. The van der Waals surface area contributed by atoms with E-state index in [9.17, 15) is 4.79 Å². The largest absolute Gasteiger partial charge is 0.332 e. The predicted molar refractivity (Wildman–Crippen MR) is 107 cm³/mol. The van der Waals surface area contributed by atoms with Gasteiger partial charge in [0.25, 0.3) is 5.91 Å². The maximum atomic E-state index is 13.5. The van der Waals surface area contributed by atoms with Crippen LogP contribution in [0.2, 0.25) is 0 Å². The minimum Gasteiger partial charge on any atom is -0.332 e. The molecule has 1 aromatic heterocycles. The topological polar surface area (TPSA) is 45.2 Å². The van der Waals surface area contributed by atoms with E-state index in [2.05, 4.69) is 34.6 Å². The smallest absolute Gasteiger partial charge is 0.273 e. The van der Waals surface area contributed by atoms with Crippen LogP contribution in [0, 0.1) is 0 Å². The van der Waals surface area contributed by atoms with Crippen LogP contribution in [0.4, 0.5) is 0 Å². The average molecular weight is 357 g/mol. The van der Waals surface area contributed by atoms with Crippen LogP contribution in [0.25, 0.3) is 10.8 Å². The summed E-state index contributed by atoms with van der Waals surface area (Å²) in [6, 6.07) is 18.6. The Kier molecular flexibility index (Phi) is 3.94. The van der Waals surface area contributed by atoms with Crippen molar-refractivity contribution in [2.45, 2.75) is 24.8 Å². The summed E-state index contributed by atoms with van der Waals surface area (Å²) in [7, 11) is 0. The van der Waals surface area contributed by atoms with E-state index in [1.807, 2.05) is 35.2 Å². The third-order valence-corrected chi connectivity index (χ3v) is 6.17. The van der Waals surface area contributed by atoms with Crippen molar-refractivity contribution in [3.63, 3.8) is 0 Å². The van der Waals surface area contributed by atoms with E-state index in [4.69, 9.17) is 0 Å². The number of pyridine rings is 1. The van der Waals surface area contributed by atoms with E-state index in [-0.39, 0.29) is 11.3 Å². The SMILES string of the molecule is O=C(c1nccc2ccccc12)N1Cc2ccccc2C2(CCNCC2)C1. The molecular formula is C23H23N3O. The lowest BCUT2D eigenvalue weighted by molar-refractivity contribution is 0.0638. The molecule has 4 nitrogen and oxygen atoms in total. The Morgan fingerprint density at radius 3 is 2.67 bits per heavy atom. The van der Waals surface area contributed by atoms with Gasteiger partial charge in [-0.15, -0.1) is 0 Å². The number of rotatable bonds is 1. The summed E-state index contributed by atoms with van der Waals surface area (Å²) >= 11 is 0. The first-order chi connectivity index (χ1) is 13.3. The first kappa shape index (κ1) is 16.5. The molecule has 2 aliphatic rings. The number of piperidine rings is 1. The Hall–Kier alpha value is -2.72. The molecule has 0 radical (unpaired) electrons. The van der Waals surface area contributed by atoms with E-state index < -0.39 is 0 Å². The van der Waals surface area contributed by atoms with Gasteiger partial charge in [0, 0.05) is 30.1 Å². The molecule has 0 atom stereocenters. The zero-order chi connectivity index (χ0) is 18.3. The molecule has 1 fully saturated rings. The van der Waals surface area contributed by atoms with Gasteiger partial charge in [-0.2, -0.15) is 0 Å². The summed E-state index contributed by atoms with van der Waals surface area (Å²) in [5.74, 6) is 0.0409. The summed E-state index contributed by atoms with van der Waals surface area (Å²) in [5.41, 5.74) is 3.33. The monoisotopic (exact) mass is 357 g/mol. The second-order valence-corrected chi connectivity index (χ2v) is 7.73. The number of hydrogen-bond acceptors (Lipinski definition) is 3. The van der Waals surface area contributed by atoms with Gasteiger partial charge in [0.1, 0.15) is 5.69 Å². The molecule has 3 aromatic rings. The van der Waals surface area contributed by atoms with Gasteiger partial charge >= 0.3 is 0 Å². The van der Waals surface area contributed by atoms with Crippen molar-refractivity contribution >= 4 is 16.7 Å². The zero-order valence-corrected chi connectivity index (χ0v) is 15.3. The lowest BCUT2D eigenvalue weighted by Crippen LogP contribution is -2.52. The van der Waals surface area contributed by atoms with Crippen LogP contribution in [0.5, 0.6) is 0 Å². The molecule has 4 heteroatoms. The highest BCUT2D eigenvalue weighted by Gasteiger charge is 2.42. The van der Waals surface area contributed by atoms with E-state index in [0.29, 0.717) is 12.2 Å². The van der Waals surface area contributed by atoms with Gasteiger partial charge in [-0.05, 0) is 48.5 Å². The number of aromatic nitrogens is 1. The summed E-state index contributed by atoms with van der Waals surface area (Å²) in [6.07, 6.45) is 3.88. The van der Waals surface area contributed by atoms with Crippen LogP contribution in [0.1, 0.15) is 34.5 Å². The fourth-order valence-electron chi connectivity index (χ4n) is 4.80. The van der Waals surface area contributed by atoms with Gasteiger partial charge in [-0.1, -0.05) is 48.5 Å². The molecule has 2 aromatic carbocycles. The molecule has 27 heavy (non-hydrogen) atoms. The Morgan fingerprint density at radius 2 is 1.78 bits per heavy atom. The van der Waals surface area contributed by atoms with Crippen molar-refractivity contribution in [2.75, 3.05) is 19.6 Å². The van der Waals surface area contributed by atoms with Crippen molar-refractivity contribution < 1.29 is 4.79 Å². The van der Waals surface area contributed by atoms with E-state index in [1.54, 1.807) is 6.20 Å². The number of carbonyl (C=O) groups excluding carboxylic acids is 1. The minimum absolute atomic E-state index is 0.0409. The standard InChI is InChI=1S/C23H23N3O/c27-22(21-19-7-3-1-5-17(19)9-12-25-21)26-15-18-6-2-4-8-20(18)23(16-26)10-13-24-14-11-23/h1-9,12,24H,10-11,13-16H2. The molecule has 136 valence electrons. The van der Waals surface area contributed by atoms with Gasteiger partial charge in [-0.3, -0.25) is 9.78 Å². The highest BCUT2D eigenvalue weighted by Crippen LogP contribution is 2.40. The summed E-state index contributed by atoms with van der Waals surface area (Å²) < 4.78 is 0. The predicted octanol–water partition coefficient (Wildman–Crippen LogP) is 3.51. The lowest BCUT2D eigenvalue weighted by atomic mass is 9.69. The second-order valence-electron chi connectivity index (χ2n) is 7.73. The van der Waals surface area contributed by atoms with Gasteiger partial charge in [0.05, 0.1) is 0 Å². The third-order valence-electron chi connectivity index (χ3n) is 6.17. The van der Waals surface area contributed by atoms with Gasteiger partial charge in [-0.25, -0.2) is 0 Å². The quantitative estimate of drug-likeness (QED) is 0.725. The van der Waals surface area contributed by atoms with Crippen LogP contribution in [-0.4, -0.2) is 35.4 Å². The second kappa shape index (κ2) is 6.46. The molecule has 0 saturated carbocycles. The summed E-state index contributed by atoms with van der Waals surface area (Å²) in [5, 5.41) is 5.46. The first-order valence-electron chi connectivity index (χ1n) is 9.69. The van der Waals surface area contributed by atoms with Crippen LogP contribution in [0.15, 0.2) is 60.8 Å². The average Bonchev–Trinajstić information content (AvgIpc) is 2.73. The summed E-state index contributed by atoms with van der Waals surface area (Å²) in [4.78, 5) is 20.0. The number of hydrogen-bond donors (Lipinski definition) is 1. The third kappa shape index (κ3) is 2.72. The molecule has 5 rings (SSSR count). The number of fused-ring (bicyclic) bond motifs is 3. The Labute approximate surface area is 159 Å². The number of carbonyl (C=O) groups is 1. The normalized spacial score (nSPS) is 18.4. The van der Waals surface area contributed by atoms with Crippen molar-refractivity contribution in [3.8, 4) is 0 Å². The molecule has 1 amide bonds. The van der Waals surface area contributed by atoms with E-state index in [1.165, 1.54) is 11.1 Å². The fraction of sp³-hybridized carbons (Fsp3) is 0.304. The molecule has 2 aliphatic heterocycles. The molecule has 0 aliphatic carbocycles. The zero-order valence-electron chi connectivity index (χ0n) is 15.3. The molecule has 1 saturated heterocycles. The number of nitrogens with one attached hydrogen (secondary N) is 1. The van der Waals surface area contributed by atoms with Gasteiger partial charge < -0.3 is 10.2 Å². The molecule has 1 spiro atoms. The number of amides is 1. The lowest BCUT2D eigenvalue weighted by Gasteiger charge is -2.46. The summed E-state index contributed by atoms with van der Waals surface area (Å²) in [6.45, 7) is 3.44. The van der Waals surface area contributed by atoms with Crippen molar-refractivity contribution in [3.05, 3.63) is 77.6 Å². The Bertz CT molecular complexity index is 1000. The first-order valence-corrected chi connectivity index (χ1v) is 9.69. The number of nitrogens with zero attached hydrogens (tertiary/aromatic N) is 2. The fourth-order valence-corrected chi connectivity index (χ4v) is 4.80. The van der Waals surface area contributed by atoms with E-state index in [0.717, 1.165) is 43.2 Å². The highest BCUT2D eigenvalue weighted by molar-refractivity contribution is 6.05. The Morgan fingerprint density at radius 1 is 1.00 bits per heavy atom. The van der Waals surface area contributed by atoms with Gasteiger partial charge in [0.2, 0.25) is 0 Å². The minimum atomic E-state index is 0.0409. The Balaban J connectivity index is 1.57. The van der Waals surface area contributed by atoms with Gasteiger partial charge in [0.15, 0.2) is 0 Å². The maximum absolute atomic E-state index is 13.5. The maximum Gasteiger partial charge on any atom is 0.273 e. The van der Waals surface area contributed by atoms with Crippen molar-refractivity contribution in [1.82, 2.24) is 15.2 Å². The van der Waals surface area contributed by atoms with E-state index >= 15 is 0 Å². The molecular weight excluding hydrogens is 334 g/mol. The molecule has 0 bridgehead atoms.